The number of rotatable bonds is 6. The lowest BCUT2D eigenvalue weighted by molar-refractivity contribution is -0.136. The molecule has 9 heteroatoms. The normalized spacial score (nSPS) is 12.9. The van der Waals surface area contributed by atoms with Gasteiger partial charge in [-0.1, -0.05) is 6.92 Å². The van der Waals surface area contributed by atoms with Crippen LogP contribution in [-0.4, -0.2) is 32.0 Å². The molecule has 0 aliphatic carbocycles. The molecule has 0 amide bonds. The van der Waals surface area contributed by atoms with Crippen molar-refractivity contribution in [1.29, 1.82) is 0 Å². The molecule has 1 aromatic rings. The summed E-state index contributed by atoms with van der Waals surface area (Å²) in [5.74, 6) is -0.700. The first kappa shape index (κ1) is 17.9. The van der Waals surface area contributed by atoms with E-state index in [-0.39, 0.29) is 25.1 Å². The van der Waals surface area contributed by atoms with Crippen molar-refractivity contribution in [2.24, 2.45) is 5.73 Å². The van der Waals surface area contributed by atoms with Crippen LogP contribution in [-0.2, 0) is 16.6 Å². The second-order valence-corrected chi connectivity index (χ2v) is 6.35. The highest BCUT2D eigenvalue weighted by molar-refractivity contribution is 7.89. The molecule has 120 valence electrons. The Labute approximate surface area is 120 Å². The van der Waals surface area contributed by atoms with Crippen LogP contribution < -0.4 is 5.73 Å². The van der Waals surface area contributed by atoms with Crippen LogP contribution >= 0.6 is 0 Å². The quantitative estimate of drug-likeness (QED) is 0.815. The van der Waals surface area contributed by atoms with E-state index in [0.717, 1.165) is 18.2 Å². The second-order valence-electron chi connectivity index (χ2n) is 4.41. The second kappa shape index (κ2) is 6.71. The third kappa shape index (κ3) is 4.65. The van der Waals surface area contributed by atoms with E-state index >= 15 is 0 Å². The highest BCUT2D eigenvalue weighted by Crippen LogP contribution is 2.24. The van der Waals surface area contributed by atoms with E-state index < -0.39 is 33.5 Å². The highest BCUT2D eigenvalue weighted by atomic mass is 32.2. The van der Waals surface area contributed by atoms with E-state index in [4.69, 9.17) is 5.73 Å². The van der Waals surface area contributed by atoms with Crippen molar-refractivity contribution in [2.45, 2.75) is 31.0 Å². The summed E-state index contributed by atoms with van der Waals surface area (Å²) in [6.07, 6.45) is -4.43. The molecule has 0 aliphatic rings. The number of sulfonamides is 1. The topological polar surface area (TPSA) is 63.4 Å². The molecule has 0 fully saturated rings. The third-order valence-corrected chi connectivity index (χ3v) is 4.54. The summed E-state index contributed by atoms with van der Waals surface area (Å²) in [5.41, 5.74) is 5.20. The zero-order valence-electron chi connectivity index (χ0n) is 11.3. The lowest BCUT2D eigenvalue weighted by Crippen LogP contribution is -2.39. The van der Waals surface area contributed by atoms with Crippen LogP contribution in [0.1, 0.15) is 18.9 Å². The van der Waals surface area contributed by atoms with Crippen LogP contribution in [0.25, 0.3) is 0 Å². The lowest BCUT2D eigenvalue weighted by atomic mass is 10.2. The number of halogens is 4. The molecule has 0 spiro atoms. The molecule has 0 heterocycles. The fourth-order valence-corrected chi connectivity index (χ4v) is 3.32. The monoisotopic (exact) mass is 328 g/mol. The summed E-state index contributed by atoms with van der Waals surface area (Å²) in [4.78, 5) is -0.401. The van der Waals surface area contributed by atoms with Gasteiger partial charge in [-0.25, -0.2) is 12.8 Å². The number of nitrogens with zero attached hydrogens (tertiary/aromatic N) is 1. The van der Waals surface area contributed by atoms with Crippen molar-refractivity contribution in [2.75, 3.05) is 13.1 Å². The first-order valence-corrected chi connectivity index (χ1v) is 7.61. The fraction of sp³-hybridized carbons (Fsp3) is 0.500. The van der Waals surface area contributed by atoms with Crippen molar-refractivity contribution >= 4 is 10.0 Å². The fourth-order valence-electron chi connectivity index (χ4n) is 1.75. The zero-order chi connectivity index (χ0) is 16.3. The zero-order valence-corrected chi connectivity index (χ0v) is 12.1. The van der Waals surface area contributed by atoms with Gasteiger partial charge in [-0.05, 0) is 24.6 Å². The van der Waals surface area contributed by atoms with Crippen LogP contribution in [0.2, 0.25) is 0 Å². The largest absolute Gasteiger partial charge is 0.402 e. The van der Waals surface area contributed by atoms with Gasteiger partial charge in [0, 0.05) is 18.7 Å². The summed E-state index contributed by atoms with van der Waals surface area (Å²) >= 11 is 0. The van der Waals surface area contributed by atoms with Crippen LogP contribution in [0.5, 0.6) is 0 Å². The Bertz CT molecular complexity index is 587. The molecule has 4 nitrogen and oxygen atoms in total. The number of benzene rings is 1. The molecule has 0 atom stereocenters. The SMILES string of the molecule is CCCN(CC(F)(F)F)S(=O)(=O)c1ccc(F)c(CN)c1. The van der Waals surface area contributed by atoms with Gasteiger partial charge >= 0.3 is 6.18 Å². The summed E-state index contributed by atoms with van der Waals surface area (Å²) in [5, 5.41) is 0. The minimum Gasteiger partial charge on any atom is -0.326 e. The smallest absolute Gasteiger partial charge is 0.326 e. The molecule has 2 N–H and O–H groups in total. The van der Waals surface area contributed by atoms with E-state index in [2.05, 4.69) is 0 Å². The van der Waals surface area contributed by atoms with Gasteiger partial charge in [0.2, 0.25) is 10.0 Å². The van der Waals surface area contributed by atoms with Gasteiger partial charge in [-0.3, -0.25) is 0 Å². The minimum absolute atomic E-state index is 0.0699. The molecule has 1 rings (SSSR count). The molecule has 0 unspecified atom stereocenters. The molecule has 0 saturated carbocycles. The maximum Gasteiger partial charge on any atom is 0.402 e. The summed E-state index contributed by atoms with van der Waals surface area (Å²) in [6, 6.07) is 2.78. The van der Waals surface area contributed by atoms with E-state index in [0.29, 0.717) is 4.31 Å². The standard InChI is InChI=1S/C12H16F4N2O2S/c1-2-5-18(8-12(14,15)16)21(19,20)10-3-4-11(13)9(6-10)7-17/h3-4,6H,2,5,7-8,17H2,1H3. The van der Waals surface area contributed by atoms with Gasteiger partial charge in [-0.2, -0.15) is 17.5 Å². The van der Waals surface area contributed by atoms with E-state index in [1.807, 2.05) is 0 Å². The molecule has 1 aromatic carbocycles. The van der Waals surface area contributed by atoms with Gasteiger partial charge in [0.25, 0.3) is 0 Å². The van der Waals surface area contributed by atoms with Gasteiger partial charge in [0.05, 0.1) is 4.90 Å². The van der Waals surface area contributed by atoms with Crippen molar-refractivity contribution in [1.82, 2.24) is 4.31 Å². The van der Waals surface area contributed by atoms with Crippen LogP contribution in [0.4, 0.5) is 17.6 Å². The average molecular weight is 328 g/mol. The number of alkyl halides is 3. The third-order valence-electron chi connectivity index (χ3n) is 2.70. The summed E-state index contributed by atoms with van der Waals surface area (Å²) in [7, 11) is -4.35. The predicted octanol–water partition coefficient (Wildman–Crippen LogP) is 2.25. The van der Waals surface area contributed by atoms with Gasteiger partial charge in [-0.15, -0.1) is 0 Å². The van der Waals surface area contributed by atoms with E-state index in [1.54, 1.807) is 6.92 Å². The number of hydrogen-bond acceptors (Lipinski definition) is 3. The van der Waals surface area contributed by atoms with Crippen molar-refractivity contribution < 1.29 is 26.0 Å². The maximum absolute atomic E-state index is 13.3. The first-order chi connectivity index (χ1) is 9.61. The molecule has 0 radical (unpaired) electrons. The van der Waals surface area contributed by atoms with Gasteiger partial charge in [0.1, 0.15) is 12.4 Å². The van der Waals surface area contributed by atoms with E-state index in [1.165, 1.54) is 0 Å². The Morgan fingerprint density at radius 2 is 1.90 bits per heavy atom. The molecular weight excluding hydrogens is 312 g/mol. The lowest BCUT2D eigenvalue weighted by Gasteiger charge is -2.23. The van der Waals surface area contributed by atoms with Crippen LogP contribution in [0, 0.1) is 5.82 Å². The van der Waals surface area contributed by atoms with Crippen molar-refractivity contribution in [3.05, 3.63) is 29.6 Å². The van der Waals surface area contributed by atoms with Crippen molar-refractivity contribution in [3.8, 4) is 0 Å². The van der Waals surface area contributed by atoms with Gasteiger partial charge in [0.15, 0.2) is 0 Å². The maximum atomic E-state index is 13.3. The van der Waals surface area contributed by atoms with Crippen LogP contribution in [0.15, 0.2) is 23.1 Å². The molecule has 0 saturated heterocycles. The molecule has 0 aromatic heterocycles. The first-order valence-electron chi connectivity index (χ1n) is 6.17. The van der Waals surface area contributed by atoms with Gasteiger partial charge < -0.3 is 5.73 Å². The number of nitrogens with two attached hydrogens (primary N) is 1. The average Bonchev–Trinajstić information content (AvgIpc) is 2.37. The molecule has 0 aliphatic heterocycles. The molecule has 0 bridgehead atoms. The highest BCUT2D eigenvalue weighted by Gasteiger charge is 2.36. The Balaban J connectivity index is 3.22. The summed E-state index contributed by atoms with van der Waals surface area (Å²) < 4.78 is 75.6. The Morgan fingerprint density at radius 1 is 1.29 bits per heavy atom. The predicted molar refractivity (Wildman–Crippen MR) is 69.4 cm³/mol. The van der Waals surface area contributed by atoms with Crippen molar-refractivity contribution in [3.63, 3.8) is 0 Å². The summed E-state index contributed by atoms with van der Waals surface area (Å²) in [6.45, 7) is -0.549. The van der Waals surface area contributed by atoms with Crippen LogP contribution in [0.3, 0.4) is 0 Å². The Hall–Kier alpha value is -1.19. The number of hydrogen-bond donors (Lipinski definition) is 1. The Morgan fingerprint density at radius 3 is 2.38 bits per heavy atom. The van der Waals surface area contributed by atoms with E-state index in [9.17, 15) is 26.0 Å². The Kier molecular flexibility index (Phi) is 5.71. The molecular formula is C12H16F4N2O2S. The minimum atomic E-state index is -4.65. The molecule has 21 heavy (non-hydrogen) atoms.